The Labute approximate surface area is 150 Å². The molecule has 24 heavy (non-hydrogen) atoms. The van der Waals surface area contributed by atoms with Gasteiger partial charge in [0.2, 0.25) is 0 Å². The monoisotopic (exact) mass is 338 g/mol. The van der Waals surface area contributed by atoms with E-state index in [0.29, 0.717) is 12.2 Å². The van der Waals surface area contributed by atoms with Gasteiger partial charge < -0.3 is 9.22 Å². The van der Waals surface area contributed by atoms with Gasteiger partial charge in [-0.15, -0.1) is 0 Å². The van der Waals surface area contributed by atoms with Crippen molar-refractivity contribution in [2.45, 2.75) is 84.0 Å². The summed E-state index contributed by atoms with van der Waals surface area (Å²) < 4.78 is 6.42. The summed E-state index contributed by atoms with van der Waals surface area (Å²) in [5.41, 5.74) is 0.492. The first-order valence-corrected chi connectivity index (χ1v) is 10.2. The van der Waals surface area contributed by atoms with E-state index < -0.39 is 0 Å². The van der Waals surface area contributed by atoms with Gasteiger partial charge in [-0.1, -0.05) is 45.1 Å². The Hall–Kier alpha value is -0.830. The molecule has 0 amide bonds. The van der Waals surface area contributed by atoms with E-state index in [1.54, 1.807) is 6.92 Å². The molecule has 140 valence electrons. The minimum atomic E-state index is -0.254. The number of esters is 1. The lowest BCUT2D eigenvalue weighted by Gasteiger charge is -2.37. The maximum absolute atomic E-state index is 11.2. The summed E-state index contributed by atoms with van der Waals surface area (Å²) in [4.78, 5) is 11.2. The van der Waals surface area contributed by atoms with Gasteiger partial charge in [0.15, 0.2) is 0 Å². The molecule has 3 heteroatoms. The summed E-state index contributed by atoms with van der Waals surface area (Å²) in [7, 11) is 2.45. The van der Waals surface area contributed by atoms with Crippen LogP contribution in [0.3, 0.4) is 0 Å². The number of nitrogens with zero attached hydrogens (tertiary/aromatic N) is 1. The van der Waals surface area contributed by atoms with Crippen LogP contribution in [-0.2, 0) is 9.53 Å². The quantitative estimate of drug-likeness (QED) is 0.198. The second-order valence-corrected chi connectivity index (χ2v) is 7.95. The zero-order valence-electron chi connectivity index (χ0n) is 16.3. The lowest BCUT2D eigenvalue weighted by atomic mass is 10.1. The van der Waals surface area contributed by atoms with E-state index >= 15 is 0 Å². The summed E-state index contributed by atoms with van der Waals surface area (Å²) >= 11 is 0. The van der Waals surface area contributed by atoms with Crippen LogP contribution in [0, 0.1) is 0 Å². The fraction of sp³-hybridized carbons (Fsp3) is 0.857. The van der Waals surface area contributed by atoms with Crippen LogP contribution < -0.4 is 0 Å². The Balaban J connectivity index is 1.80. The molecule has 0 spiro atoms. The Kier molecular flexibility index (Phi) is 11.1. The highest BCUT2D eigenvalue weighted by molar-refractivity contribution is 5.86. The lowest BCUT2D eigenvalue weighted by molar-refractivity contribution is -0.914. The molecule has 1 heterocycles. The molecule has 0 N–H and O–H groups in total. The van der Waals surface area contributed by atoms with Crippen molar-refractivity contribution in [3.8, 4) is 0 Å². The van der Waals surface area contributed by atoms with E-state index in [1.807, 2.05) is 0 Å². The zero-order valence-corrected chi connectivity index (χ0v) is 16.3. The van der Waals surface area contributed by atoms with Crippen LogP contribution in [0.5, 0.6) is 0 Å². The topological polar surface area (TPSA) is 26.3 Å². The maximum Gasteiger partial charge on any atom is 0.333 e. The molecule has 1 fully saturated rings. The third-order valence-corrected chi connectivity index (χ3v) is 5.32. The van der Waals surface area contributed by atoms with E-state index in [0.717, 1.165) is 6.42 Å². The van der Waals surface area contributed by atoms with Gasteiger partial charge in [0.1, 0.15) is 0 Å². The maximum atomic E-state index is 11.2. The second kappa shape index (κ2) is 12.5. The van der Waals surface area contributed by atoms with Crippen molar-refractivity contribution in [1.29, 1.82) is 0 Å². The molecule has 1 saturated heterocycles. The Bertz CT molecular complexity index is 359. The summed E-state index contributed by atoms with van der Waals surface area (Å²) in [5.74, 6) is -0.254. The molecule has 3 nitrogen and oxygen atoms in total. The first kappa shape index (κ1) is 21.2. The zero-order chi connectivity index (χ0) is 17.7. The molecule has 0 saturated carbocycles. The van der Waals surface area contributed by atoms with Crippen molar-refractivity contribution in [2.24, 2.45) is 0 Å². The molecular formula is C21H40NO2+. The fourth-order valence-corrected chi connectivity index (χ4v) is 3.62. The summed E-state index contributed by atoms with van der Waals surface area (Å²) in [6.07, 6.45) is 16.0. The van der Waals surface area contributed by atoms with Gasteiger partial charge in [0.05, 0.1) is 33.3 Å². The van der Waals surface area contributed by atoms with Gasteiger partial charge >= 0.3 is 5.97 Å². The van der Waals surface area contributed by atoms with Crippen molar-refractivity contribution >= 4 is 5.97 Å². The molecule has 0 aromatic heterocycles. The predicted molar refractivity (Wildman–Crippen MR) is 102 cm³/mol. The summed E-state index contributed by atoms with van der Waals surface area (Å²) in [5, 5.41) is 0. The number of piperidine rings is 1. The molecular weight excluding hydrogens is 298 g/mol. The minimum Gasteiger partial charge on any atom is -0.462 e. The van der Waals surface area contributed by atoms with Gasteiger partial charge in [-0.25, -0.2) is 4.79 Å². The number of likely N-dealkylation sites (tertiary alicyclic amines) is 1. The highest BCUT2D eigenvalue weighted by atomic mass is 16.5. The van der Waals surface area contributed by atoms with E-state index in [1.165, 1.54) is 94.7 Å². The summed E-state index contributed by atoms with van der Waals surface area (Å²) in [6, 6.07) is 0. The molecule has 0 bridgehead atoms. The average Bonchev–Trinajstić information content (AvgIpc) is 2.56. The molecule has 1 rings (SSSR count). The van der Waals surface area contributed by atoms with Gasteiger partial charge in [-0.05, 0) is 45.4 Å². The van der Waals surface area contributed by atoms with Gasteiger partial charge in [0.25, 0.3) is 0 Å². The minimum absolute atomic E-state index is 0.254. The molecule has 0 aromatic carbocycles. The lowest BCUT2D eigenvalue weighted by Crippen LogP contribution is -2.48. The second-order valence-electron chi connectivity index (χ2n) is 7.95. The van der Waals surface area contributed by atoms with Crippen LogP contribution in [0.2, 0.25) is 0 Å². The van der Waals surface area contributed by atoms with Gasteiger partial charge in [-0.2, -0.15) is 0 Å². The van der Waals surface area contributed by atoms with Gasteiger partial charge in [0, 0.05) is 5.57 Å². The highest BCUT2D eigenvalue weighted by Gasteiger charge is 2.23. The Morgan fingerprint density at radius 1 is 0.875 bits per heavy atom. The van der Waals surface area contributed by atoms with Crippen LogP contribution in [0.1, 0.15) is 84.0 Å². The third kappa shape index (κ3) is 10.1. The van der Waals surface area contributed by atoms with Gasteiger partial charge in [-0.3, -0.25) is 0 Å². The normalized spacial score (nSPS) is 16.8. The number of carbonyl (C=O) groups is 1. The number of hydrogen-bond donors (Lipinski definition) is 0. The van der Waals surface area contributed by atoms with Crippen molar-refractivity contribution in [2.75, 3.05) is 33.3 Å². The van der Waals surface area contributed by atoms with Crippen molar-refractivity contribution in [1.82, 2.24) is 0 Å². The van der Waals surface area contributed by atoms with Crippen LogP contribution >= 0.6 is 0 Å². The number of ether oxygens (including phenoxy) is 1. The first-order valence-electron chi connectivity index (χ1n) is 10.2. The predicted octanol–water partition coefficient (Wildman–Crippen LogP) is 5.25. The standard InChI is InChI=1S/C21H40NO2/c1-20(2)21(23)24-19-15-10-8-6-4-5-7-9-12-16-22(3)17-13-11-14-18-22/h1,4-19H2,2-3H3/q+1. The molecule has 0 unspecified atom stereocenters. The van der Waals surface area contributed by atoms with Crippen molar-refractivity contribution in [3.05, 3.63) is 12.2 Å². The number of hydrogen-bond acceptors (Lipinski definition) is 2. The van der Waals surface area contributed by atoms with Crippen LogP contribution in [-0.4, -0.2) is 43.7 Å². The fourth-order valence-electron chi connectivity index (χ4n) is 3.62. The molecule has 0 aliphatic carbocycles. The molecule has 0 radical (unpaired) electrons. The van der Waals surface area contributed by atoms with E-state index in [-0.39, 0.29) is 5.97 Å². The number of quaternary nitrogens is 1. The van der Waals surface area contributed by atoms with Crippen LogP contribution in [0.15, 0.2) is 12.2 Å². The van der Waals surface area contributed by atoms with E-state index in [2.05, 4.69) is 13.6 Å². The number of rotatable bonds is 13. The Morgan fingerprint density at radius 3 is 1.92 bits per heavy atom. The SMILES string of the molecule is C=C(C)C(=O)OCCCCCCCCCCC[N+]1(C)CCCCC1. The number of unbranched alkanes of at least 4 members (excludes halogenated alkanes) is 8. The largest absolute Gasteiger partial charge is 0.462 e. The van der Waals surface area contributed by atoms with Crippen LogP contribution in [0.4, 0.5) is 0 Å². The molecule has 1 aliphatic rings. The smallest absolute Gasteiger partial charge is 0.333 e. The van der Waals surface area contributed by atoms with Crippen molar-refractivity contribution < 1.29 is 14.0 Å². The van der Waals surface area contributed by atoms with Crippen molar-refractivity contribution in [3.63, 3.8) is 0 Å². The first-order chi connectivity index (χ1) is 11.5. The third-order valence-electron chi connectivity index (χ3n) is 5.32. The molecule has 1 aliphatic heterocycles. The average molecular weight is 339 g/mol. The van der Waals surface area contributed by atoms with E-state index in [9.17, 15) is 4.79 Å². The molecule has 0 atom stereocenters. The number of carbonyl (C=O) groups excluding carboxylic acids is 1. The summed E-state index contributed by atoms with van der Waals surface area (Å²) in [6.45, 7) is 10.0. The highest BCUT2D eigenvalue weighted by Crippen LogP contribution is 2.18. The van der Waals surface area contributed by atoms with E-state index in [4.69, 9.17) is 4.74 Å². The van der Waals surface area contributed by atoms with Crippen LogP contribution in [0.25, 0.3) is 0 Å². The molecule has 0 aromatic rings. The Morgan fingerprint density at radius 2 is 1.38 bits per heavy atom.